The van der Waals surface area contributed by atoms with Crippen molar-refractivity contribution in [1.29, 1.82) is 0 Å². The summed E-state index contributed by atoms with van der Waals surface area (Å²) >= 11 is 9.15. The van der Waals surface area contributed by atoms with E-state index in [4.69, 9.17) is 16.3 Å². The standard InChI is InChI=1S/C14H14BrClN2O2/c1-2-13-17-12(16)9-14(19)18(13)7-8-20-11-5-3-10(15)4-6-11/h3-6,9H,2,7-8H2,1H3. The maximum Gasteiger partial charge on any atom is 0.255 e. The van der Waals surface area contributed by atoms with Gasteiger partial charge in [-0.25, -0.2) is 4.98 Å². The van der Waals surface area contributed by atoms with Crippen molar-refractivity contribution in [2.45, 2.75) is 19.9 Å². The lowest BCUT2D eigenvalue weighted by Crippen LogP contribution is -2.26. The Morgan fingerprint density at radius 1 is 1.35 bits per heavy atom. The van der Waals surface area contributed by atoms with Crippen LogP contribution < -0.4 is 10.3 Å². The maximum atomic E-state index is 11.9. The fourth-order valence-corrected chi connectivity index (χ4v) is 2.27. The van der Waals surface area contributed by atoms with Gasteiger partial charge < -0.3 is 4.74 Å². The predicted molar refractivity (Wildman–Crippen MR) is 82.5 cm³/mol. The van der Waals surface area contributed by atoms with Gasteiger partial charge in [0.2, 0.25) is 0 Å². The van der Waals surface area contributed by atoms with Crippen LogP contribution in [0.2, 0.25) is 5.15 Å². The van der Waals surface area contributed by atoms with Crippen LogP contribution in [0.15, 0.2) is 39.6 Å². The van der Waals surface area contributed by atoms with E-state index in [9.17, 15) is 4.79 Å². The minimum absolute atomic E-state index is 0.152. The summed E-state index contributed by atoms with van der Waals surface area (Å²) in [7, 11) is 0. The molecular weight excluding hydrogens is 344 g/mol. The highest BCUT2D eigenvalue weighted by Crippen LogP contribution is 2.16. The molecule has 0 spiro atoms. The van der Waals surface area contributed by atoms with Gasteiger partial charge in [-0.3, -0.25) is 9.36 Å². The van der Waals surface area contributed by atoms with Gasteiger partial charge in [-0.15, -0.1) is 0 Å². The number of aromatic nitrogens is 2. The monoisotopic (exact) mass is 356 g/mol. The lowest BCUT2D eigenvalue weighted by molar-refractivity contribution is 0.293. The van der Waals surface area contributed by atoms with E-state index in [1.807, 2.05) is 31.2 Å². The third-order valence-electron chi connectivity index (χ3n) is 2.77. The summed E-state index contributed by atoms with van der Waals surface area (Å²) in [5, 5.41) is 0.233. The quantitative estimate of drug-likeness (QED) is 0.771. The molecule has 0 amide bonds. The van der Waals surface area contributed by atoms with Gasteiger partial charge in [-0.2, -0.15) is 0 Å². The Morgan fingerprint density at radius 2 is 2.05 bits per heavy atom. The van der Waals surface area contributed by atoms with Crippen LogP contribution in [0.3, 0.4) is 0 Å². The topological polar surface area (TPSA) is 44.1 Å². The number of halogens is 2. The molecule has 0 N–H and O–H groups in total. The molecule has 2 aromatic rings. The Kier molecular flexibility index (Phi) is 5.20. The Hall–Kier alpha value is -1.33. The summed E-state index contributed by atoms with van der Waals surface area (Å²) in [6.45, 7) is 2.78. The number of hydrogen-bond donors (Lipinski definition) is 0. The van der Waals surface area contributed by atoms with E-state index in [-0.39, 0.29) is 10.7 Å². The van der Waals surface area contributed by atoms with Crippen molar-refractivity contribution in [3.63, 3.8) is 0 Å². The molecule has 0 fully saturated rings. The van der Waals surface area contributed by atoms with Crippen LogP contribution in [0.1, 0.15) is 12.7 Å². The molecule has 4 nitrogen and oxygen atoms in total. The molecule has 1 heterocycles. The van der Waals surface area contributed by atoms with Crippen LogP contribution in [0, 0.1) is 0 Å². The molecule has 0 bridgehead atoms. The van der Waals surface area contributed by atoms with E-state index in [2.05, 4.69) is 20.9 Å². The molecule has 1 aromatic carbocycles. The van der Waals surface area contributed by atoms with Gasteiger partial charge in [0.1, 0.15) is 23.3 Å². The molecule has 0 aliphatic heterocycles. The minimum atomic E-state index is -0.152. The molecule has 20 heavy (non-hydrogen) atoms. The number of nitrogens with zero attached hydrogens (tertiary/aromatic N) is 2. The van der Waals surface area contributed by atoms with Gasteiger partial charge in [-0.1, -0.05) is 34.5 Å². The van der Waals surface area contributed by atoms with Gasteiger partial charge in [0.15, 0.2) is 0 Å². The fraction of sp³-hybridized carbons (Fsp3) is 0.286. The van der Waals surface area contributed by atoms with Gasteiger partial charge in [0.05, 0.1) is 6.54 Å². The van der Waals surface area contributed by atoms with Crippen LogP contribution in [0.5, 0.6) is 5.75 Å². The Morgan fingerprint density at radius 3 is 2.70 bits per heavy atom. The molecule has 1 aromatic heterocycles. The summed E-state index contributed by atoms with van der Waals surface area (Å²) in [5.74, 6) is 1.43. The van der Waals surface area contributed by atoms with E-state index < -0.39 is 0 Å². The van der Waals surface area contributed by atoms with Gasteiger partial charge in [0.25, 0.3) is 5.56 Å². The van der Waals surface area contributed by atoms with Gasteiger partial charge in [0, 0.05) is 17.0 Å². The van der Waals surface area contributed by atoms with Crippen molar-refractivity contribution in [2.24, 2.45) is 0 Å². The molecule has 0 unspecified atom stereocenters. The Labute approximate surface area is 130 Å². The van der Waals surface area contributed by atoms with E-state index >= 15 is 0 Å². The molecule has 0 radical (unpaired) electrons. The maximum absolute atomic E-state index is 11.9. The second kappa shape index (κ2) is 6.90. The van der Waals surface area contributed by atoms with Gasteiger partial charge in [-0.05, 0) is 24.3 Å². The zero-order valence-corrected chi connectivity index (χ0v) is 13.3. The first-order valence-corrected chi connectivity index (χ1v) is 7.42. The van der Waals surface area contributed by atoms with Crippen molar-refractivity contribution >= 4 is 27.5 Å². The lowest BCUT2D eigenvalue weighted by atomic mass is 10.3. The van der Waals surface area contributed by atoms with Crippen molar-refractivity contribution < 1.29 is 4.74 Å². The third kappa shape index (κ3) is 3.84. The van der Waals surface area contributed by atoms with E-state index in [0.717, 1.165) is 10.2 Å². The highest BCUT2D eigenvalue weighted by atomic mass is 79.9. The number of aryl methyl sites for hydroxylation is 1. The molecule has 0 aliphatic carbocycles. The number of benzene rings is 1. The first-order valence-electron chi connectivity index (χ1n) is 6.24. The summed E-state index contributed by atoms with van der Waals surface area (Å²) < 4.78 is 8.19. The van der Waals surface area contributed by atoms with E-state index in [0.29, 0.717) is 25.4 Å². The summed E-state index contributed by atoms with van der Waals surface area (Å²) in [4.78, 5) is 16.0. The zero-order chi connectivity index (χ0) is 14.5. The number of ether oxygens (including phenoxy) is 1. The average molecular weight is 358 g/mol. The predicted octanol–water partition coefficient (Wildman–Crippen LogP) is 3.30. The summed E-state index contributed by atoms with van der Waals surface area (Å²) in [6, 6.07) is 8.87. The van der Waals surface area contributed by atoms with Crippen LogP contribution in [-0.4, -0.2) is 16.2 Å². The molecule has 2 rings (SSSR count). The average Bonchev–Trinajstić information content (AvgIpc) is 2.42. The molecule has 6 heteroatoms. The van der Waals surface area contributed by atoms with Crippen molar-refractivity contribution in [2.75, 3.05) is 6.61 Å². The Bertz CT molecular complexity index is 641. The highest BCUT2D eigenvalue weighted by Gasteiger charge is 2.06. The van der Waals surface area contributed by atoms with Crippen molar-refractivity contribution in [3.8, 4) is 5.75 Å². The first-order chi connectivity index (χ1) is 9.60. The minimum Gasteiger partial charge on any atom is -0.492 e. The van der Waals surface area contributed by atoms with Crippen LogP contribution >= 0.6 is 27.5 Å². The lowest BCUT2D eigenvalue weighted by Gasteiger charge is -2.11. The zero-order valence-electron chi connectivity index (χ0n) is 11.0. The van der Waals surface area contributed by atoms with Crippen molar-refractivity contribution in [1.82, 2.24) is 9.55 Å². The Balaban J connectivity index is 2.04. The molecule has 0 saturated heterocycles. The van der Waals surface area contributed by atoms with Crippen molar-refractivity contribution in [3.05, 3.63) is 56.1 Å². The fourth-order valence-electron chi connectivity index (χ4n) is 1.82. The molecule has 106 valence electrons. The molecular formula is C14H14BrClN2O2. The smallest absolute Gasteiger partial charge is 0.255 e. The third-order valence-corrected chi connectivity index (χ3v) is 3.49. The van der Waals surface area contributed by atoms with E-state index in [1.54, 1.807) is 4.57 Å². The van der Waals surface area contributed by atoms with Crippen LogP contribution in [0.25, 0.3) is 0 Å². The van der Waals surface area contributed by atoms with Crippen LogP contribution in [-0.2, 0) is 13.0 Å². The van der Waals surface area contributed by atoms with E-state index in [1.165, 1.54) is 6.07 Å². The normalized spacial score (nSPS) is 10.6. The second-order valence-electron chi connectivity index (χ2n) is 4.14. The molecule has 0 saturated carbocycles. The molecule has 0 atom stereocenters. The first kappa shape index (κ1) is 15.1. The number of rotatable bonds is 5. The summed E-state index contributed by atoms with van der Waals surface area (Å²) in [6.07, 6.45) is 0.647. The SMILES string of the molecule is CCc1nc(Cl)cc(=O)n1CCOc1ccc(Br)cc1. The summed E-state index contributed by atoms with van der Waals surface area (Å²) in [5.41, 5.74) is -0.152. The highest BCUT2D eigenvalue weighted by molar-refractivity contribution is 9.10. The molecule has 0 aliphatic rings. The van der Waals surface area contributed by atoms with Gasteiger partial charge >= 0.3 is 0 Å². The number of hydrogen-bond acceptors (Lipinski definition) is 3. The largest absolute Gasteiger partial charge is 0.492 e. The second-order valence-corrected chi connectivity index (χ2v) is 5.44. The van der Waals surface area contributed by atoms with Crippen LogP contribution in [0.4, 0.5) is 0 Å².